The number of phenolic OH excluding ortho intramolecular Hbond substituents is 1. The number of carbonyl (C=O) groups excluding carboxylic acids is 1. The van der Waals surface area contributed by atoms with E-state index in [0.717, 1.165) is 46.2 Å². The van der Waals surface area contributed by atoms with E-state index < -0.39 is 0 Å². The molecule has 0 amide bonds. The molecule has 0 saturated carbocycles. The third-order valence-electron chi connectivity index (χ3n) is 4.07. The topological polar surface area (TPSA) is 37.3 Å². The van der Waals surface area contributed by atoms with Gasteiger partial charge in [0.2, 0.25) is 0 Å². The minimum atomic E-state index is 0.125. The molecule has 106 valence electrons. The molecule has 0 saturated heterocycles. The molecule has 1 aliphatic carbocycles. The maximum atomic E-state index is 12.5. The van der Waals surface area contributed by atoms with E-state index in [1.54, 1.807) is 0 Å². The smallest absolute Gasteiger partial charge is 0.189 e. The minimum absolute atomic E-state index is 0.125. The van der Waals surface area contributed by atoms with Crippen LogP contribution in [0.25, 0.3) is 6.08 Å². The number of fused-ring (bicyclic) bond motifs is 1. The Labute approximate surface area is 124 Å². The van der Waals surface area contributed by atoms with Gasteiger partial charge in [-0.15, -0.1) is 0 Å². The lowest BCUT2D eigenvalue weighted by molar-refractivity contribution is 0.102. The van der Waals surface area contributed by atoms with Gasteiger partial charge in [0, 0.05) is 11.1 Å². The molecule has 2 nitrogen and oxygen atoms in total. The lowest BCUT2D eigenvalue weighted by atomic mass is 9.86. The molecular formula is C19H18O2. The molecule has 0 unspecified atom stereocenters. The van der Waals surface area contributed by atoms with Crippen LogP contribution in [0.4, 0.5) is 0 Å². The normalized spacial score (nSPS) is 16.1. The first-order chi connectivity index (χ1) is 10.1. The number of phenols is 1. The van der Waals surface area contributed by atoms with Crippen molar-refractivity contribution >= 4 is 11.9 Å². The maximum absolute atomic E-state index is 12.5. The highest BCUT2D eigenvalue weighted by molar-refractivity contribution is 6.13. The number of hydrogen-bond acceptors (Lipinski definition) is 2. The lowest BCUT2D eigenvalue weighted by Gasteiger charge is -2.17. The summed E-state index contributed by atoms with van der Waals surface area (Å²) in [7, 11) is 0. The summed E-state index contributed by atoms with van der Waals surface area (Å²) in [6, 6.07) is 11.7. The zero-order valence-corrected chi connectivity index (χ0v) is 12.3. The molecule has 0 radical (unpaired) electrons. The molecule has 0 heterocycles. The number of benzene rings is 2. The van der Waals surface area contributed by atoms with Gasteiger partial charge in [-0.2, -0.15) is 0 Å². The van der Waals surface area contributed by atoms with Crippen molar-refractivity contribution in [2.24, 2.45) is 0 Å². The summed E-state index contributed by atoms with van der Waals surface area (Å²) in [5, 5.41) is 9.83. The molecular weight excluding hydrogens is 260 g/mol. The van der Waals surface area contributed by atoms with E-state index >= 15 is 0 Å². The van der Waals surface area contributed by atoms with Gasteiger partial charge in [0.25, 0.3) is 0 Å². The van der Waals surface area contributed by atoms with E-state index in [1.807, 2.05) is 56.3 Å². The van der Waals surface area contributed by atoms with Crippen LogP contribution in [0.2, 0.25) is 0 Å². The summed E-state index contributed by atoms with van der Waals surface area (Å²) in [5.74, 6) is 0.456. The highest BCUT2D eigenvalue weighted by atomic mass is 16.3. The first-order valence-electron chi connectivity index (χ1n) is 7.19. The van der Waals surface area contributed by atoms with Crippen LogP contribution in [0.15, 0.2) is 42.0 Å². The molecule has 0 bridgehead atoms. The molecule has 3 rings (SSSR count). The van der Waals surface area contributed by atoms with Crippen molar-refractivity contribution in [3.63, 3.8) is 0 Å². The molecule has 2 aromatic rings. The second-order valence-corrected chi connectivity index (χ2v) is 5.66. The fourth-order valence-electron chi connectivity index (χ4n) is 2.93. The van der Waals surface area contributed by atoms with Gasteiger partial charge in [-0.1, -0.05) is 24.3 Å². The number of carbonyl (C=O) groups is 1. The molecule has 1 aliphatic rings. The van der Waals surface area contributed by atoms with Crippen molar-refractivity contribution in [3.05, 3.63) is 69.8 Å². The van der Waals surface area contributed by atoms with Crippen molar-refractivity contribution in [2.75, 3.05) is 0 Å². The van der Waals surface area contributed by atoms with Gasteiger partial charge in [-0.3, -0.25) is 4.79 Å². The fourth-order valence-corrected chi connectivity index (χ4v) is 2.93. The summed E-state index contributed by atoms with van der Waals surface area (Å²) >= 11 is 0. The lowest BCUT2D eigenvalue weighted by Crippen LogP contribution is -2.13. The summed E-state index contributed by atoms with van der Waals surface area (Å²) in [6.45, 7) is 3.75. The maximum Gasteiger partial charge on any atom is 0.189 e. The van der Waals surface area contributed by atoms with Gasteiger partial charge in [0.15, 0.2) is 5.78 Å². The van der Waals surface area contributed by atoms with Crippen LogP contribution in [0.1, 0.15) is 39.0 Å². The van der Waals surface area contributed by atoms with Crippen LogP contribution in [0.5, 0.6) is 5.75 Å². The monoisotopic (exact) mass is 278 g/mol. The fraction of sp³-hybridized carbons (Fsp3) is 0.211. The molecule has 0 spiro atoms. The first kappa shape index (κ1) is 13.6. The van der Waals surface area contributed by atoms with Crippen LogP contribution in [-0.2, 0) is 6.42 Å². The van der Waals surface area contributed by atoms with Crippen LogP contribution >= 0.6 is 0 Å². The minimum Gasteiger partial charge on any atom is -0.507 e. The van der Waals surface area contributed by atoms with Crippen LogP contribution in [0, 0.1) is 13.8 Å². The average molecular weight is 278 g/mol. The molecule has 21 heavy (non-hydrogen) atoms. The molecule has 2 heteroatoms. The zero-order chi connectivity index (χ0) is 15.0. The Morgan fingerprint density at radius 3 is 2.43 bits per heavy atom. The van der Waals surface area contributed by atoms with Crippen molar-refractivity contribution in [1.82, 2.24) is 0 Å². The Morgan fingerprint density at radius 1 is 1.05 bits per heavy atom. The number of allylic oxidation sites excluding steroid dienone is 1. The predicted octanol–water partition coefficient (Wildman–Crippen LogP) is 4.22. The van der Waals surface area contributed by atoms with Crippen LogP contribution < -0.4 is 0 Å². The van der Waals surface area contributed by atoms with Crippen molar-refractivity contribution in [2.45, 2.75) is 26.7 Å². The Kier molecular flexibility index (Phi) is 3.38. The summed E-state index contributed by atoms with van der Waals surface area (Å²) < 4.78 is 0. The van der Waals surface area contributed by atoms with Crippen molar-refractivity contribution < 1.29 is 9.90 Å². The predicted molar refractivity (Wildman–Crippen MR) is 84.7 cm³/mol. The van der Waals surface area contributed by atoms with E-state index in [1.165, 1.54) is 0 Å². The van der Waals surface area contributed by atoms with E-state index in [9.17, 15) is 9.90 Å². The molecule has 2 aromatic carbocycles. The van der Waals surface area contributed by atoms with Gasteiger partial charge in [0.1, 0.15) is 5.75 Å². The number of rotatable bonds is 1. The molecule has 0 aliphatic heterocycles. The summed E-state index contributed by atoms with van der Waals surface area (Å²) in [5.41, 5.74) is 5.46. The van der Waals surface area contributed by atoms with E-state index in [0.29, 0.717) is 5.75 Å². The Morgan fingerprint density at radius 2 is 1.71 bits per heavy atom. The third-order valence-corrected chi connectivity index (χ3v) is 4.07. The van der Waals surface area contributed by atoms with E-state index in [-0.39, 0.29) is 5.78 Å². The van der Waals surface area contributed by atoms with E-state index in [2.05, 4.69) is 0 Å². The van der Waals surface area contributed by atoms with E-state index in [4.69, 9.17) is 0 Å². The van der Waals surface area contributed by atoms with Crippen LogP contribution in [0.3, 0.4) is 0 Å². The molecule has 0 fully saturated rings. The van der Waals surface area contributed by atoms with Gasteiger partial charge < -0.3 is 5.11 Å². The highest BCUT2D eigenvalue weighted by Gasteiger charge is 2.21. The summed E-state index contributed by atoms with van der Waals surface area (Å²) in [4.78, 5) is 12.5. The van der Waals surface area contributed by atoms with Gasteiger partial charge in [0.05, 0.1) is 0 Å². The Balaban J connectivity index is 2.00. The van der Waals surface area contributed by atoms with Crippen LogP contribution in [-0.4, -0.2) is 10.9 Å². The van der Waals surface area contributed by atoms with Gasteiger partial charge >= 0.3 is 0 Å². The van der Waals surface area contributed by atoms with Gasteiger partial charge in [-0.05, 0) is 67.2 Å². The number of ketones is 1. The zero-order valence-electron chi connectivity index (χ0n) is 12.3. The first-order valence-corrected chi connectivity index (χ1v) is 7.19. The standard InChI is InChI=1S/C19H18O2/c1-12-9-14(10-13(2)18(12)20)11-16-8-7-15-5-3-4-6-17(15)19(16)21/h3-6,9-11,20H,7-8H2,1-2H3/b16-11-. The Hall–Kier alpha value is -2.35. The SMILES string of the molecule is Cc1cc(/C=C2/CCc3ccccc3C2=O)cc(C)c1O. The average Bonchev–Trinajstić information content (AvgIpc) is 2.48. The number of aromatic hydroxyl groups is 1. The molecule has 1 N–H and O–H groups in total. The number of aryl methyl sites for hydroxylation is 3. The highest BCUT2D eigenvalue weighted by Crippen LogP contribution is 2.28. The third kappa shape index (κ3) is 2.49. The molecule has 0 atom stereocenters. The molecule has 0 aromatic heterocycles. The summed E-state index contributed by atoms with van der Waals surface area (Å²) in [6.07, 6.45) is 3.64. The largest absolute Gasteiger partial charge is 0.507 e. The second-order valence-electron chi connectivity index (χ2n) is 5.66. The van der Waals surface area contributed by atoms with Crippen molar-refractivity contribution in [3.8, 4) is 5.75 Å². The Bertz CT molecular complexity index is 731. The number of Topliss-reactive ketones (excluding diaryl/α,β-unsaturated/α-hetero) is 1. The van der Waals surface area contributed by atoms with Gasteiger partial charge in [-0.25, -0.2) is 0 Å². The van der Waals surface area contributed by atoms with Crippen molar-refractivity contribution in [1.29, 1.82) is 0 Å². The second kappa shape index (κ2) is 5.21. The number of hydrogen-bond donors (Lipinski definition) is 1. The quantitative estimate of drug-likeness (QED) is 0.793.